The quantitative estimate of drug-likeness (QED) is 0.882. The van der Waals surface area contributed by atoms with Crippen molar-refractivity contribution >= 4 is 11.3 Å². The predicted molar refractivity (Wildman–Crippen MR) is 72.0 cm³/mol. The molecule has 1 heterocycles. The summed E-state index contributed by atoms with van der Waals surface area (Å²) < 4.78 is 0. The number of nitriles is 1. The SMILES string of the molecule is CCc1ccc(C(C)NC2CCCC2C#N)s1. The number of nitrogens with zero attached hydrogens (tertiary/aromatic N) is 1. The van der Waals surface area contributed by atoms with Gasteiger partial charge in [0, 0.05) is 21.8 Å². The first kappa shape index (κ1) is 12.6. The summed E-state index contributed by atoms with van der Waals surface area (Å²) >= 11 is 1.89. The van der Waals surface area contributed by atoms with E-state index in [2.05, 4.69) is 37.4 Å². The fourth-order valence-electron chi connectivity index (χ4n) is 2.53. The summed E-state index contributed by atoms with van der Waals surface area (Å²) in [6, 6.07) is 7.63. The van der Waals surface area contributed by atoms with Crippen LogP contribution in [0.5, 0.6) is 0 Å². The molecule has 0 bridgehead atoms. The van der Waals surface area contributed by atoms with Crippen molar-refractivity contribution in [2.45, 2.75) is 51.6 Å². The second-order valence-corrected chi connectivity index (χ2v) is 6.02. The molecule has 2 nitrogen and oxygen atoms in total. The highest BCUT2D eigenvalue weighted by Gasteiger charge is 2.28. The predicted octanol–water partition coefficient (Wildman–Crippen LogP) is 3.65. The standard InChI is InChI=1S/C14H20N2S/c1-3-12-7-8-14(17-12)10(2)16-13-6-4-5-11(13)9-15/h7-8,10-11,13,16H,3-6H2,1-2H3. The molecule has 1 aliphatic rings. The smallest absolute Gasteiger partial charge is 0.0672 e. The van der Waals surface area contributed by atoms with Crippen LogP contribution in [-0.4, -0.2) is 6.04 Å². The van der Waals surface area contributed by atoms with Crippen molar-refractivity contribution in [3.05, 3.63) is 21.9 Å². The van der Waals surface area contributed by atoms with E-state index in [1.54, 1.807) is 0 Å². The van der Waals surface area contributed by atoms with Crippen LogP contribution in [0.4, 0.5) is 0 Å². The zero-order chi connectivity index (χ0) is 12.3. The second-order valence-electron chi connectivity index (χ2n) is 4.82. The number of rotatable bonds is 4. The van der Waals surface area contributed by atoms with Crippen molar-refractivity contribution in [3.63, 3.8) is 0 Å². The average Bonchev–Trinajstić information content (AvgIpc) is 2.96. The summed E-state index contributed by atoms with van der Waals surface area (Å²) in [7, 11) is 0. The molecule has 3 unspecified atom stereocenters. The molecule has 0 aliphatic heterocycles. The molecule has 1 aliphatic carbocycles. The van der Waals surface area contributed by atoms with Gasteiger partial charge in [0.1, 0.15) is 0 Å². The van der Waals surface area contributed by atoms with E-state index in [0.29, 0.717) is 12.1 Å². The highest BCUT2D eigenvalue weighted by molar-refractivity contribution is 7.12. The maximum absolute atomic E-state index is 9.07. The number of aryl methyl sites for hydroxylation is 1. The molecule has 0 aromatic carbocycles. The minimum absolute atomic E-state index is 0.211. The number of thiophene rings is 1. The Labute approximate surface area is 108 Å². The Bertz CT molecular complexity index is 405. The molecule has 1 N–H and O–H groups in total. The molecule has 17 heavy (non-hydrogen) atoms. The van der Waals surface area contributed by atoms with Crippen molar-refractivity contribution in [2.75, 3.05) is 0 Å². The molecule has 0 radical (unpaired) electrons. The Balaban J connectivity index is 1.96. The van der Waals surface area contributed by atoms with E-state index in [1.807, 2.05) is 11.3 Å². The number of hydrogen-bond donors (Lipinski definition) is 1. The van der Waals surface area contributed by atoms with Gasteiger partial charge in [-0.2, -0.15) is 5.26 Å². The minimum atomic E-state index is 0.211. The summed E-state index contributed by atoms with van der Waals surface area (Å²) in [5, 5.41) is 12.7. The van der Waals surface area contributed by atoms with E-state index in [4.69, 9.17) is 5.26 Å². The van der Waals surface area contributed by atoms with Gasteiger partial charge in [-0.05, 0) is 38.3 Å². The zero-order valence-corrected chi connectivity index (χ0v) is 11.4. The topological polar surface area (TPSA) is 35.8 Å². The molecule has 92 valence electrons. The highest BCUT2D eigenvalue weighted by atomic mass is 32.1. The largest absolute Gasteiger partial charge is 0.305 e. The summed E-state index contributed by atoms with van der Waals surface area (Å²) in [6.45, 7) is 4.40. The normalized spacial score (nSPS) is 25.7. The van der Waals surface area contributed by atoms with Gasteiger partial charge in [-0.1, -0.05) is 13.3 Å². The van der Waals surface area contributed by atoms with E-state index in [9.17, 15) is 0 Å². The Morgan fingerprint density at radius 1 is 1.53 bits per heavy atom. The Kier molecular flexibility index (Phi) is 4.20. The van der Waals surface area contributed by atoms with Crippen LogP contribution in [0.3, 0.4) is 0 Å². The number of nitrogens with one attached hydrogen (secondary N) is 1. The summed E-state index contributed by atoms with van der Waals surface area (Å²) in [6.07, 6.45) is 4.51. The van der Waals surface area contributed by atoms with Crippen LogP contribution >= 0.6 is 11.3 Å². The third-order valence-corrected chi connectivity index (χ3v) is 5.02. The lowest BCUT2D eigenvalue weighted by Crippen LogP contribution is -2.33. The first-order valence-electron chi connectivity index (χ1n) is 6.49. The summed E-state index contributed by atoms with van der Waals surface area (Å²) in [5.74, 6) is 0.211. The van der Waals surface area contributed by atoms with Crippen molar-refractivity contribution in [2.24, 2.45) is 5.92 Å². The summed E-state index contributed by atoms with van der Waals surface area (Å²) in [4.78, 5) is 2.84. The van der Waals surface area contributed by atoms with E-state index < -0.39 is 0 Å². The van der Waals surface area contributed by atoms with Crippen LogP contribution in [0, 0.1) is 17.2 Å². The van der Waals surface area contributed by atoms with Crippen molar-refractivity contribution in [1.82, 2.24) is 5.32 Å². The molecule has 0 spiro atoms. The molecule has 1 aromatic rings. The fourth-order valence-corrected chi connectivity index (χ4v) is 3.50. The maximum atomic E-state index is 9.07. The van der Waals surface area contributed by atoms with Gasteiger partial charge < -0.3 is 5.32 Å². The molecular weight excluding hydrogens is 228 g/mol. The van der Waals surface area contributed by atoms with Crippen LogP contribution in [0.25, 0.3) is 0 Å². The van der Waals surface area contributed by atoms with Gasteiger partial charge in [0.05, 0.1) is 12.0 Å². The molecule has 1 saturated carbocycles. The van der Waals surface area contributed by atoms with Gasteiger partial charge in [-0.15, -0.1) is 11.3 Å². The van der Waals surface area contributed by atoms with E-state index >= 15 is 0 Å². The Morgan fingerprint density at radius 3 is 3.00 bits per heavy atom. The van der Waals surface area contributed by atoms with Crippen LogP contribution in [0.1, 0.15) is 48.9 Å². The van der Waals surface area contributed by atoms with Crippen LogP contribution in [-0.2, 0) is 6.42 Å². The maximum Gasteiger partial charge on any atom is 0.0672 e. The average molecular weight is 248 g/mol. The van der Waals surface area contributed by atoms with Gasteiger partial charge in [0.2, 0.25) is 0 Å². The molecule has 2 rings (SSSR count). The van der Waals surface area contributed by atoms with Crippen LogP contribution in [0.15, 0.2) is 12.1 Å². The van der Waals surface area contributed by atoms with Gasteiger partial charge in [-0.25, -0.2) is 0 Å². The molecule has 3 heteroatoms. The van der Waals surface area contributed by atoms with Crippen LogP contribution < -0.4 is 5.32 Å². The molecule has 3 atom stereocenters. The molecular formula is C14H20N2S. The lowest BCUT2D eigenvalue weighted by Gasteiger charge is -2.20. The zero-order valence-electron chi connectivity index (χ0n) is 10.6. The molecule has 0 amide bonds. The van der Waals surface area contributed by atoms with E-state index in [-0.39, 0.29) is 5.92 Å². The van der Waals surface area contributed by atoms with Crippen molar-refractivity contribution in [1.29, 1.82) is 5.26 Å². The molecule has 1 fully saturated rings. The highest BCUT2D eigenvalue weighted by Crippen LogP contribution is 2.29. The monoisotopic (exact) mass is 248 g/mol. The number of hydrogen-bond acceptors (Lipinski definition) is 3. The third-order valence-electron chi connectivity index (χ3n) is 3.60. The Morgan fingerprint density at radius 2 is 2.35 bits per heavy atom. The van der Waals surface area contributed by atoms with Crippen LogP contribution in [0.2, 0.25) is 0 Å². The molecule has 0 saturated heterocycles. The second kappa shape index (κ2) is 5.66. The molecule has 1 aromatic heterocycles. The van der Waals surface area contributed by atoms with Crippen molar-refractivity contribution in [3.8, 4) is 6.07 Å². The lowest BCUT2D eigenvalue weighted by molar-refractivity contribution is 0.421. The van der Waals surface area contributed by atoms with Gasteiger partial charge in [0.15, 0.2) is 0 Å². The lowest BCUT2D eigenvalue weighted by atomic mass is 10.0. The fraction of sp³-hybridized carbons (Fsp3) is 0.643. The minimum Gasteiger partial charge on any atom is -0.305 e. The van der Waals surface area contributed by atoms with Gasteiger partial charge in [-0.3, -0.25) is 0 Å². The Hall–Kier alpha value is -0.850. The first-order chi connectivity index (χ1) is 8.24. The van der Waals surface area contributed by atoms with E-state index in [0.717, 1.165) is 19.3 Å². The summed E-state index contributed by atoms with van der Waals surface area (Å²) in [5.41, 5.74) is 0. The van der Waals surface area contributed by atoms with Crippen molar-refractivity contribution < 1.29 is 0 Å². The van der Waals surface area contributed by atoms with E-state index in [1.165, 1.54) is 16.2 Å². The third kappa shape index (κ3) is 2.88. The first-order valence-corrected chi connectivity index (χ1v) is 7.30. The van der Waals surface area contributed by atoms with Gasteiger partial charge in [0.25, 0.3) is 0 Å². The van der Waals surface area contributed by atoms with Gasteiger partial charge >= 0.3 is 0 Å².